The van der Waals surface area contributed by atoms with Crippen molar-refractivity contribution < 1.29 is 4.73 Å². The Labute approximate surface area is 171 Å². The Bertz CT molecular complexity index is 1120. The van der Waals surface area contributed by atoms with Crippen molar-refractivity contribution in [3.8, 4) is 33.9 Å². The molecule has 0 aliphatic carbocycles. The Morgan fingerprint density at radius 3 is 1.76 bits per heavy atom. The van der Waals surface area contributed by atoms with Crippen LogP contribution < -0.4 is 4.73 Å². The number of aryl methyl sites for hydroxylation is 2. The molecule has 0 saturated heterocycles. The molecule has 2 heterocycles. The number of hydrogen-bond donors (Lipinski definition) is 0. The van der Waals surface area contributed by atoms with Gasteiger partial charge in [0.25, 0.3) is 0 Å². The maximum atomic E-state index is 13.1. The van der Waals surface area contributed by atoms with Gasteiger partial charge < -0.3 is 5.21 Å². The zero-order valence-corrected chi connectivity index (χ0v) is 16.8. The van der Waals surface area contributed by atoms with Crippen molar-refractivity contribution in [3.63, 3.8) is 0 Å². The summed E-state index contributed by atoms with van der Waals surface area (Å²) >= 11 is 0. The molecule has 29 heavy (non-hydrogen) atoms. The Morgan fingerprint density at radius 2 is 1.14 bits per heavy atom. The number of hydrogen-bond acceptors (Lipinski definition) is 2. The summed E-state index contributed by atoms with van der Waals surface area (Å²) in [5.74, 6) is 0. The van der Waals surface area contributed by atoms with Crippen molar-refractivity contribution in [2.45, 2.75) is 26.7 Å². The predicted molar refractivity (Wildman–Crippen MR) is 118 cm³/mol. The van der Waals surface area contributed by atoms with Crippen LogP contribution in [0, 0.1) is 5.21 Å². The molecule has 4 aromatic rings. The summed E-state index contributed by atoms with van der Waals surface area (Å²) in [6.45, 7) is 4.27. The topological polar surface area (TPSA) is 39.8 Å². The average Bonchev–Trinajstić information content (AvgIpc) is 2.79. The third-order valence-corrected chi connectivity index (χ3v) is 5.27. The molecule has 0 unspecified atom stereocenters. The van der Waals surface area contributed by atoms with Crippen LogP contribution in [0.4, 0.5) is 0 Å². The molecule has 0 amide bonds. The number of rotatable bonds is 5. The molecule has 3 heteroatoms. The standard InChI is InChI=1S/C26H24N2O/c1-3-19-11-15-21(16-12-19)23-7-5-8-24(27-23)26-10-6-9-25(28(26)29)22-17-13-20(4-2)14-18-22/h5-18H,3-4H2,1-2H3. The van der Waals surface area contributed by atoms with Crippen LogP contribution in [-0.4, -0.2) is 4.98 Å². The van der Waals surface area contributed by atoms with Crippen molar-refractivity contribution in [2.24, 2.45) is 0 Å². The molecule has 0 radical (unpaired) electrons. The Balaban J connectivity index is 1.73. The van der Waals surface area contributed by atoms with Gasteiger partial charge in [-0.2, -0.15) is 4.73 Å². The molecule has 0 fully saturated rings. The van der Waals surface area contributed by atoms with Crippen LogP contribution in [-0.2, 0) is 12.8 Å². The summed E-state index contributed by atoms with van der Waals surface area (Å²) in [5.41, 5.74) is 7.22. The smallest absolute Gasteiger partial charge is 0.242 e. The van der Waals surface area contributed by atoms with Gasteiger partial charge in [-0.1, -0.05) is 56.3 Å². The summed E-state index contributed by atoms with van der Waals surface area (Å²) in [5, 5.41) is 13.1. The first-order valence-corrected chi connectivity index (χ1v) is 10.1. The number of benzene rings is 2. The fourth-order valence-corrected chi connectivity index (χ4v) is 3.46. The third-order valence-electron chi connectivity index (χ3n) is 5.27. The summed E-state index contributed by atoms with van der Waals surface area (Å²) in [6.07, 6.45) is 1.99. The molecule has 2 aromatic heterocycles. The predicted octanol–water partition coefficient (Wildman–Crippen LogP) is 5.84. The van der Waals surface area contributed by atoms with Gasteiger partial charge in [0.05, 0.1) is 5.69 Å². The minimum Gasteiger partial charge on any atom is -0.618 e. The van der Waals surface area contributed by atoms with Crippen LogP contribution in [0.3, 0.4) is 0 Å². The van der Waals surface area contributed by atoms with Crippen LogP contribution >= 0.6 is 0 Å². The van der Waals surface area contributed by atoms with E-state index in [0.717, 1.165) is 34.4 Å². The molecular weight excluding hydrogens is 356 g/mol. The van der Waals surface area contributed by atoms with E-state index in [-0.39, 0.29) is 0 Å². The molecule has 0 bridgehead atoms. The molecule has 144 valence electrons. The van der Waals surface area contributed by atoms with E-state index in [0.29, 0.717) is 17.1 Å². The maximum Gasteiger partial charge on any atom is 0.242 e. The first-order valence-electron chi connectivity index (χ1n) is 10.1. The highest BCUT2D eigenvalue weighted by Crippen LogP contribution is 2.24. The van der Waals surface area contributed by atoms with E-state index < -0.39 is 0 Å². The van der Waals surface area contributed by atoms with E-state index in [1.807, 2.05) is 48.5 Å². The van der Waals surface area contributed by atoms with E-state index in [9.17, 15) is 5.21 Å². The largest absolute Gasteiger partial charge is 0.618 e. The normalized spacial score (nSPS) is 10.8. The first kappa shape index (κ1) is 18.9. The van der Waals surface area contributed by atoms with Gasteiger partial charge in [-0.05, 0) is 54.3 Å². The van der Waals surface area contributed by atoms with Gasteiger partial charge in [0, 0.05) is 23.3 Å². The molecule has 3 nitrogen and oxygen atoms in total. The van der Waals surface area contributed by atoms with Gasteiger partial charge in [0.2, 0.25) is 11.4 Å². The lowest BCUT2D eigenvalue weighted by atomic mass is 10.1. The van der Waals surface area contributed by atoms with Gasteiger partial charge in [-0.3, -0.25) is 0 Å². The van der Waals surface area contributed by atoms with Crippen molar-refractivity contribution in [3.05, 3.63) is 101 Å². The van der Waals surface area contributed by atoms with Gasteiger partial charge in [0.1, 0.15) is 5.69 Å². The first-order chi connectivity index (χ1) is 14.2. The highest BCUT2D eigenvalue weighted by Gasteiger charge is 2.16. The lowest BCUT2D eigenvalue weighted by molar-refractivity contribution is -0.582. The highest BCUT2D eigenvalue weighted by atomic mass is 16.5. The van der Waals surface area contributed by atoms with E-state index in [1.54, 1.807) is 0 Å². The van der Waals surface area contributed by atoms with Crippen LogP contribution in [0.2, 0.25) is 0 Å². The van der Waals surface area contributed by atoms with Crippen LogP contribution in [0.1, 0.15) is 25.0 Å². The van der Waals surface area contributed by atoms with Gasteiger partial charge in [-0.25, -0.2) is 4.98 Å². The second-order valence-electron chi connectivity index (χ2n) is 7.10. The van der Waals surface area contributed by atoms with Crippen molar-refractivity contribution >= 4 is 0 Å². The van der Waals surface area contributed by atoms with E-state index >= 15 is 0 Å². The zero-order chi connectivity index (χ0) is 20.2. The van der Waals surface area contributed by atoms with Gasteiger partial charge in [0.15, 0.2) is 0 Å². The molecular formula is C26H24N2O. The van der Waals surface area contributed by atoms with E-state index in [4.69, 9.17) is 4.98 Å². The third kappa shape index (κ3) is 3.90. The van der Waals surface area contributed by atoms with Crippen LogP contribution in [0.25, 0.3) is 33.9 Å². The summed E-state index contributed by atoms with van der Waals surface area (Å²) in [4.78, 5) is 4.77. The van der Waals surface area contributed by atoms with Crippen molar-refractivity contribution in [2.75, 3.05) is 0 Å². The van der Waals surface area contributed by atoms with E-state index in [1.165, 1.54) is 11.1 Å². The van der Waals surface area contributed by atoms with E-state index in [2.05, 4.69) is 50.2 Å². The quantitative estimate of drug-likeness (QED) is 0.322. The lowest BCUT2D eigenvalue weighted by Gasteiger charge is -2.10. The number of aromatic nitrogens is 2. The maximum absolute atomic E-state index is 13.1. The zero-order valence-electron chi connectivity index (χ0n) is 16.8. The lowest BCUT2D eigenvalue weighted by Crippen LogP contribution is -2.32. The van der Waals surface area contributed by atoms with Crippen LogP contribution in [0.15, 0.2) is 84.9 Å². The van der Waals surface area contributed by atoms with Crippen LogP contribution in [0.5, 0.6) is 0 Å². The van der Waals surface area contributed by atoms with Crippen molar-refractivity contribution in [1.82, 2.24) is 4.98 Å². The second-order valence-corrected chi connectivity index (χ2v) is 7.10. The highest BCUT2D eigenvalue weighted by molar-refractivity contribution is 5.65. The summed E-state index contributed by atoms with van der Waals surface area (Å²) in [7, 11) is 0. The van der Waals surface area contributed by atoms with Gasteiger partial charge in [-0.15, -0.1) is 0 Å². The molecule has 0 spiro atoms. The minimum atomic E-state index is 0.550. The molecule has 0 saturated carbocycles. The molecule has 0 N–H and O–H groups in total. The Hall–Kier alpha value is -3.46. The molecule has 0 atom stereocenters. The summed E-state index contributed by atoms with van der Waals surface area (Å²) in [6, 6.07) is 28.0. The molecule has 0 aliphatic rings. The number of pyridine rings is 2. The monoisotopic (exact) mass is 380 g/mol. The summed E-state index contributed by atoms with van der Waals surface area (Å²) < 4.78 is 0.979. The fraction of sp³-hybridized carbons (Fsp3) is 0.154. The second kappa shape index (κ2) is 8.27. The van der Waals surface area contributed by atoms with Gasteiger partial charge >= 0.3 is 0 Å². The fourth-order valence-electron chi connectivity index (χ4n) is 3.46. The molecule has 4 rings (SSSR count). The average molecular weight is 380 g/mol. The van der Waals surface area contributed by atoms with Crippen molar-refractivity contribution in [1.29, 1.82) is 0 Å². The SMILES string of the molecule is CCc1ccc(-c2cccc(-c3cccc(-c4ccc(CC)cc4)[n+]3[O-])n2)cc1. The molecule has 0 aliphatic heterocycles. The molecule has 2 aromatic carbocycles. The minimum absolute atomic E-state index is 0.550. The Kier molecular flexibility index (Phi) is 5.39. The Morgan fingerprint density at radius 1 is 0.621 bits per heavy atom. The number of nitrogens with zero attached hydrogens (tertiary/aromatic N) is 2.